The van der Waals surface area contributed by atoms with E-state index < -0.39 is 15.6 Å². The van der Waals surface area contributed by atoms with Gasteiger partial charge in [0.15, 0.2) is 0 Å². The number of alkyl halides is 2. The number of nitrogens with one attached hydrogen (secondary N) is 1. The molecule has 0 atom stereocenters. The Morgan fingerprint density at radius 2 is 1.74 bits per heavy atom. The van der Waals surface area contributed by atoms with Gasteiger partial charge in [0, 0.05) is 11.2 Å². The molecule has 1 aromatic carbocycles. The minimum atomic E-state index is -4.51. The van der Waals surface area contributed by atoms with Crippen LogP contribution in [0.3, 0.4) is 0 Å². The molecular formula is C13H19F2NO2S. The van der Waals surface area contributed by atoms with Crippen LogP contribution in [0.5, 0.6) is 0 Å². The fourth-order valence-corrected chi connectivity index (χ4v) is 2.63. The van der Waals surface area contributed by atoms with E-state index in [1.807, 2.05) is 13.8 Å². The van der Waals surface area contributed by atoms with Crippen LogP contribution in [-0.2, 0) is 9.84 Å². The first kappa shape index (κ1) is 15.9. The summed E-state index contributed by atoms with van der Waals surface area (Å²) in [6.45, 7) is 6.13. The maximum Gasteiger partial charge on any atom is 0.341 e. The van der Waals surface area contributed by atoms with Crippen molar-refractivity contribution < 1.29 is 17.2 Å². The second kappa shape index (κ2) is 5.86. The molecule has 0 aliphatic rings. The highest BCUT2D eigenvalue weighted by Gasteiger charge is 2.26. The molecule has 1 aromatic rings. The van der Waals surface area contributed by atoms with Crippen molar-refractivity contribution in [2.24, 2.45) is 0 Å². The van der Waals surface area contributed by atoms with Crippen molar-refractivity contribution in [2.45, 2.75) is 49.8 Å². The zero-order valence-corrected chi connectivity index (χ0v) is 12.1. The highest BCUT2D eigenvalue weighted by molar-refractivity contribution is 7.91. The molecule has 1 N–H and O–H groups in total. The van der Waals surface area contributed by atoms with E-state index in [0.717, 1.165) is 12.8 Å². The standard InChI is InChI=1S/C13H19F2NO2S/c1-4-9-13(2,3)16-10-5-7-11(8-6-10)19(17,18)12(14)15/h5-8,12,16H,4,9H2,1-3H3. The van der Waals surface area contributed by atoms with Crippen molar-refractivity contribution in [3.05, 3.63) is 24.3 Å². The second-order valence-corrected chi connectivity index (χ2v) is 7.01. The number of halogens is 2. The molecule has 0 fully saturated rings. The summed E-state index contributed by atoms with van der Waals surface area (Å²) in [5.41, 5.74) is 0.587. The SMILES string of the molecule is CCCC(C)(C)Nc1ccc(S(=O)(=O)C(F)F)cc1. The van der Waals surface area contributed by atoms with E-state index in [9.17, 15) is 17.2 Å². The van der Waals surface area contributed by atoms with Gasteiger partial charge < -0.3 is 5.32 Å². The van der Waals surface area contributed by atoms with Gasteiger partial charge in [-0.05, 0) is 44.5 Å². The number of anilines is 1. The molecule has 0 saturated heterocycles. The average molecular weight is 291 g/mol. The minimum absolute atomic E-state index is 0.127. The van der Waals surface area contributed by atoms with Gasteiger partial charge in [-0.25, -0.2) is 8.42 Å². The molecule has 19 heavy (non-hydrogen) atoms. The highest BCUT2D eigenvalue weighted by atomic mass is 32.2. The monoisotopic (exact) mass is 291 g/mol. The molecule has 0 unspecified atom stereocenters. The Hall–Kier alpha value is -1.17. The van der Waals surface area contributed by atoms with Gasteiger partial charge in [0.1, 0.15) is 0 Å². The first-order valence-corrected chi connectivity index (χ1v) is 7.64. The van der Waals surface area contributed by atoms with Crippen LogP contribution in [0, 0.1) is 0 Å². The number of hydrogen-bond acceptors (Lipinski definition) is 3. The Morgan fingerprint density at radius 3 is 2.16 bits per heavy atom. The van der Waals surface area contributed by atoms with E-state index in [0.29, 0.717) is 5.69 Å². The van der Waals surface area contributed by atoms with Gasteiger partial charge in [-0.3, -0.25) is 0 Å². The summed E-state index contributed by atoms with van der Waals surface area (Å²) >= 11 is 0. The summed E-state index contributed by atoms with van der Waals surface area (Å²) in [5.74, 6) is -3.39. The summed E-state index contributed by atoms with van der Waals surface area (Å²) in [5, 5.41) is 3.24. The Kier molecular flexibility index (Phi) is 4.90. The van der Waals surface area contributed by atoms with Crippen LogP contribution in [0.1, 0.15) is 33.6 Å². The van der Waals surface area contributed by atoms with Crippen LogP contribution in [0.15, 0.2) is 29.2 Å². The van der Waals surface area contributed by atoms with Gasteiger partial charge in [-0.15, -0.1) is 0 Å². The molecule has 0 saturated carbocycles. The molecule has 0 heterocycles. The Bertz CT molecular complexity index is 510. The Balaban J connectivity index is 2.89. The van der Waals surface area contributed by atoms with Crippen LogP contribution in [0.2, 0.25) is 0 Å². The second-order valence-electron chi connectivity index (χ2n) is 5.09. The number of hydrogen-bond donors (Lipinski definition) is 1. The van der Waals surface area contributed by atoms with Crippen LogP contribution in [-0.4, -0.2) is 19.7 Å². The third kappa shape index (κ3) is 4.16. The third-order valence-electron chi connectivity index (χ3n) is 2.78. The molecular weight excluding hydrogens is 272 g/mol. The van der Waals surface area contributed by atoms with Crippen molar-refractivity contribution in [3.8, 4) is 0 Å². The zero-order valence-electron chi connectivity index (χ0n) is 11.3. The molecule has 0 bridgehead atoms. The number of sulfone groups is 1. The summed E-state index contributed by atoms with van der Waals surface area (Å²) in [4.78, 5) is -0.360. The summed E-state index contributed by atoms with van der Waals surface area (Å²) < 4.78 is 47.3. The van der Waals surface area contributed by atoms with Crippen LogP contribution in [0.25, 0.3) is 0 Å². The Morgan fingerprint density at radius 1 is 1.21 bits per heavy atom. The lowest BCUT2D eigenvalue weighted by molar-refractivity contribution is 0.234. The predicted octanol–water partition coefficient (Wildman–Crippen LogP) is 3.67. The van der Waals surface area contributed by atoms with Gasteiger partial charge in [-0.1, -0.05) is 13.3 Å². The Labute approximate surface area is 112 Å². The lowest BCUT2D eigenvalue weighted by Crippen LogP contribution is -2.30. The molecule has 0 aliphatic carbocycles. The van der Waals surface area contributed by atoms with E-state index in [4.69, 9.17) is 0 Å². The van der Waals surface area contributed by atoms with Gasteiger partial charge in [0.05, 0.1) is 4.90 Å². The maximum absolute atomic E-state index is 12.4. The van der Waals surface area contributed by atoms with E-state index in [1.165, 1.54) is 24.3 Å². The van der Waals surface area contributed by atoms with Crippen molar-refractivity contribution >= 4 is 15.5 Å². The van der Waals surface area contributed by atoms with Crippen molar-refractivity contribution in [1.82, 2.24) is 0 Å². The summed E-state index contributed by atoms with van der Waals surface area (Å²) in [7, 11) is -4.51. The van der Waals surface area contributed by atoms with Crippen LogP contribution in [0.4, 0.5) is 14.5 Å². The van der Waals surface area contributed by atoms with Gasteiger partial charge in [-0.2, -0.15) is 8.78 Å². The van der Waals surface area contributed by atoms with Gasteiger partial charge in [0.2, 0.25) is 9.84 Å². The van der Waals surface area contributed by atoms with Crippen molar-refractivity contribution in [1.29, 1.82) is 0 Å². The molecule has 6 heteroatoms. The van der Waals surface area contributed by atoms with Crippen molar-refractivity contribution in [2.75, 3.05) is 5.32 Å². The quantitative estimate of drug-likeness (QED) is 0.869. The highest BCUT2D eigenvalue weighted by Crippen LogP contribution is 2.23. The molecule has 0 amide bonds. The molecule has 0 radical (unpaired) electrons. The fourth-order valence-electron chi connectivity index (χ4n) is 1.91. The first-order valence-electron chi connectivity index (χ1n) is 6.09. The summed E-state index contributed by atoms with van der Waals surface area (Å²) in [6, 6.07) is 5.41. The molecule has 0 spiro atoms. The zero-order chi connectivity index (χ0) is 14.7. The fraction of sp³-hybridized carbons (Fsp3) is 0.538. The molecule has 0 aromatic heterocycles. The van der Waals surface area contributed by atoms with Crippen LogP contribution < -0.4 is 5.32 Å². The van der Waals surface area contributed by atoms with Crippen molar-refractivity contribution in [3.63, 3.8) is 0 Å². The number of rotatable bonds is 6. The third-order valence-corrected chi connectivity index (χ3v) is 4.17. The topological polar surface area (TPSA) is 46.2 Å². The number of benzene rings is 1. The lowest BCUT2D eigenvalue weighted by atomic mass is 9.98. The molecule has 0 aliphatic heterocycles. The van der Waals surface area contributed by atoms with E-state index >= 15 is 0 Å². The molecule has 3 nitrogen and oxygen atoms in total. The van der Waals surface area contributed by atoms with Gasteiger partial charge in [0.25, 0.3) is 0 Å². The van der Waals surface area contributed by atoms with Gasteiger partial charge >= 0.3 is 5.76 Å². The van der Waals surface area contributed by atoms with Crippen LogP contribution >= 0.6 is 0 Å². The normalized spacial score (nSPS) is 12.7. The lowest BCUT2D eigenvalue weighted by Gasteiger charge is -2.27. The smallest absolute Gasteiger partial charge is 0.341 e. The maximum atomic E-state index is 12.4. The molecule has 1 rings (SSSR count). The van der Waals surface area contributed by atoms with E-state index in [-0.39, 0.29) is 10.4 Å². The molecule has 108 valence electrons. The average Bonchev–Trinajstić information content (AvgIpc) is 2.28. The minimum Gasteiger partial charge on any atom is -0.380 e. The first-order chi connectivity index (χ1) is 8.69. The van der Waals surface area contributed by atoms with E-state index in [2.05, 4.69) is 12.2 Å². The summed E-state index contributed by atoms with van der Waals surface area (Å²) in [6.07, 6.45) is 1.96. The van der Waals surface area contributed by atoms with E-state index in [1.54, 1.807) is 0 Å². The largest absolute Gasteiger partial charge is 0.380 e. The predicted molar refractivity (Wildman–Crippen MR) is 72.2 cm³/mol.